The Balaban J connectivity index is 1.92. The van der Waals surface area contributed by atoms with Gasteiger partial charge in [-0.25, -0.2) is 4.98 Å². The first-order chi connectivity index (χ1) is 11.6. The second kappa shape index (κ2) is 6.17. The smallest absolute Gasteiger partial charge is 0.139 e. The molecule has 4 rings (SSSR count). The number of aryl methyl sites for hydroxylation is 1. The van der Waals surface area contributed by atoms with Crippen LogP contribution in [0.25, 0.3) is 16.9 Å². The van der Waals surface area contributed by atoms with Crippen LogP contribution in [0, 0.1) is 6.92 Å². The van der Waals surface area contributed by atoms with E-state index in [9.17, 15) is 0 Å². The molecule has 0 amide bonds. The van der Waals surface area contributed by atoms with Crippen molar-refractivity contribution in [1.29, 1.82) is 0 Å². The monoisotopic (exact) mass is 335 g/mol. The summed E-state index contributed by atoms with van der Waals surface area (Å²) in [5, 5.41) is 4.40. The lowest BCUT2D eigenvalue weighted by Gasteiger charge is -2.15. The van der Waals surface area contributed by atoms with Crippen LogP contribution in [0.1, 0.15) is 31.2 Å². The molecule has 0 aliphatic heterocycles. The highest BCUT2D eigenvalue weighted by atomic mass is 35.5. The summed E-state index contributed by atoms with van der Waals surface area (Å²) in [4.78, 5) is 4.85. The minimum Gasteiger partial charge on any atom is -0.367 e. The molecule has 0 unspecified atom stereocenters. The van der Waals surface area contributed by atoms with Crippen LogP contribution in [-0.2, 0) is 0 Å². The average molecular weight is 336 g/mol. The van der Waals surface area contributed by atoms with Gasteiger partial charge in [-0.05, 0) is 31.9 Å². The fourth-order valence-corrected chi connectivity index (χ4v) is 3.67. The van der Waals surface area contributed by atoms with Gasteiger partial charge in [0.2, 0.25) is 0 Å². The van der Waals surface area contributed by atoms with Crippen molar-refractivity contribution < 1.29 is 0 Å². The standard InChI is InChI=1S/C19H19BClN3/c1-12-10-17-23-18(14-8-4-5-9-16(14)21)19(24(17)11-15(12)20)22-13-6-2-3-7-13/h4-5,8-11,13,22H,2-3,6-7H2,1H3. The van der Waals surface area contributed by atoms with Crippen LogP contribution in [0.5, 0.6) is 0 Å². The highest BCUT2D eigenvalue weighted by Gasteiger charge is 2.21. The fraction of sp³-hybridized carbons (Fsp3) is 0.316. The van der Waals surface area contributed by atoms with Gasteiger partial charge in [-0.3, -0.25) is 4.40 Å². The molecule has 2 aromatic heterocycles. The normalized spacial score (nSPS) is 15.2. The first-order valence-electron chi connectivity index (χ1n) is 8.43. The van der Waals surface area contributed by atoms with Gasteiger partial charge in [0.05, 0.1) is 5.02 Å². The molecule has 5 heteroatoms. The van der Waals surface area contributed by atoms with Crippen LogP contribution in [0.4, 0.5) is 5.82 Å². The van der Waals surface area contributed by atoms with Crippen LogP contribution in [0.3, 0.4) is 0 Å². The second-order valence-electron chi connectivity index (χ2n) is 6.55. The fourth-order valence-electron chi connectivity index (χ4n) is 3.44. The number of anilines is 1. The van der Waals surface area contributed by atoms with Crippen molar-refractivity contribution in [3.63, 3.8) is 0 Å². The van der Waals surface area contributed by atoms with Gasteiger partial charge in [-0.1, -0.05) is 53.7 Å². The van der Waals surface area contributed by atoms with Gasteiger partial charge in [0.15, 0.2) is 0 Å². The van der Waals surface area contributed by atoms with E-state index in [-0.39, 0.29) is 0 Å². The van der Waals surface area contributed by atoms with Crippen molar-refractivity contribution in [2.75, 3.05) is 5.32 Å². The number of hydrogen-bond acceptors (Lipinski definition) is 2. The Bertz CT molecular complexity index is 897. The maximum atomic E-state index is 6.44. The van der Waals surface area contributed by atoms with Crippen LogP contribution in [-0.4, -0.2) is 23.3 Å². The Morgan fingerprint density at radius 2 is 2.00 bits per heavy atom. The number of nitrogens with one attached hydrogen (secondary N) is 1. The zero-order chi connectivity index (χ0) is 16.7. The van der Waals surface area contributed by atoms with E-state index in [0.29, 0.717) is 11.1 Å². The molecule has 2 heterocycles. The molecule has 1 aromatic carbocycles. The van der Waals surface area contributed by atoms with Gasteiger partial charge < -0.3 is 5.32 Å². The summed E-state index contributed by atoms with van der Waals surface area (Å²) in [7, 11) is 6.14. The van der Waals surface area contributed by atoms with Crippen molar-refractivity contribution in [3.05, 3.63) is 47.1 Å². The number of fused-ring (bicyclic) bond motifs is 1. The highest BCUT2D eigenvalue weighted by molar-refractivity contribution is 6.33. The predicted molar refractivity (Wildman–Crippen MR) is 102 cm³/mol. The Hall–Kier alpha value is -1.94. The second-order valence-corrected chi connectivity index (χ2v) is 6.96. The van der Waals surface area contributed by atoms with Crippen molar-refractivity contribution >= 4 is 36.4 Å². The zero-order valence-electron chi connectivity index (χ0n) is 13.7. The molecule has 0 atom stereocenters. The van der Waals surface area contributed by atoms with E-state index in [1.165, 1.54) is 25.7 Å². The van der Waals surface area contributed by atoms with Crippen molar-refractivity contribution in [2.24, 2.45) is 0 Å². The SMILES string of the molecule is [B]c1cn2c(NC3CCCC3)c(-c3ccccc3Cl)nc2cc1C. The number of aromatic nitrogens is 2. The predicted octanol–water partition coefficient (Wildman–Crippen LogP) is 4.11. The number of benzene rings is 1. The third-order valence-electron chi connectivity index (χ3n) is 4.83. The Morgan fingerprint density at radius 1 is 1.25 bits per heavy atom. The van der Waals surface area contributed by atoms with E-state index in [2.05, 4.69) is 9.72 Å². The molecule has 3 aromatic rings. The average Bonchev–Trinajstić information content (AvgIpc) is 3.18. The number of pyridine rings is 1. The molecular weight excluding hydrogens is 316 g/mol. The summed E-state index contributed by atoms with van der Waals surface area (Å²) in [6, 6.07) is 10.3. The van der Waals surface area contributed by atoms with Gasteiger partial charge in [-0.15, -0.1) is 0 Å². The third kappa shape index (κ3) is 2.69. The van der Waals surface area contributed by atoms with Crippen LogP contribution in [0.15, 0.2) is 36.5 Å². The van der Waals surface area contributed by atoms with Crippen molar-refractivity contribution in [1.82, 2.24) is 9.38 Å². The minimum atomic E-state index is 0.480. The molecule has 0 bridgehead atoms. The quantitative estimate of drug-likeness (QED) is 0.730. The lowest BCUT2D eigenvalue weighted by atomic mass is 9.94. The molecule has 1 aliphatic rings. The van der Waals surface area contributed by atoms with Gasteiger partial charge in [0.25, 0.3) is 0 Å². The van der Waals surface area contributed by atoms with Gasteiger partial charge in [0, 0.05) is 17.8 Å². The zero-order valence-corrected chi connectivity index (χ0v) is 14.5. The van der Waals surface area contributed by atoms with E-state index < -0.39 is 0 Å². The number of hydrogen-bond donors (Lipinski definition) is 1. The topological polar surface area (TPSA) is 29.3 Å². The van der Waals surface area contributed by atoms with Crippen LogP contribution >= 0.6 is 11.6 Å². The van der Waals surface area contributed by atoms with Gasteiger partial charge in [-0.2, -0.15) is 0 Å². The maximum absolute atomic E-state index is 6.44. The molecule has 120 valence electrons. The molecule has 1 fully saturated rings. The van der Waals surface area contributed by atoms with E-state index in [0.717, 1.165) is 33.7 Å². The van der Waals surface area contributed by atoms with Crippen molar-refractivity contribution in [2.45, 2.75) is 38.6 Å². The number of halogens is 1. The molecule has 24 heavy (non-hydrogen) atoms. The summed E-state index contributed by atoms with van der Waals surface area (Å²) in [6.07, 6.45) is 6.89. The Kier molecular flexibility index (Phi) is 4.01. The highest BCUT2D eigenvalue weighted by Crippen LogP contribution is 2.35. The largest absolute Gasteiger partial charge is 0.367 e. The van der Waals surface area contributed by atoms with Crippen LogP contribution < -0.4 is 10.8 Å². The first-order valence-corrected chi connectivity index (χ1v) is 8.81. The van der Waals surface area contributed by atoms with Gasteiger partial charge >= 0.3 is 0 Å². The third-order valence-corrected chi connectivity index (χ3v) is 5.16. The number of nitrogens with zero attached hydrogens (tertiary/aromatic N) is 2. The Labute approximate surface area is 148 Å². The maximum Gasteiger partial charge on any atom is 0.139 e. The van der Waals surface area contributed by atoms with E-state index >= 15 is 0 Å². The molecule has 0 spiro atoms. The summed E-state index contributed by atoms with van der Waals surface area (Å²) in [6.45, 7) is 2.00. The summed E-state index contributed by atoms with van der Waals surface area (Å²) in [5.74, 6) is 0.983. The number of imidazole rings is 1. The number of rotatable bonds is 3. The molecule has 1 N–H and O–H groups in total. The molecule has 3 nitrogen and oxygen atoms in total. The molecule has 0 saturated heterocycles. The lowest BCUT2D eigenvalue weighted by Crippen LogP contribution is -2.18. The van der Waals surface area contributed by atoms with Crippen molar-refractivity contribution in [3.8, 4) is 11.3 Å². The van der Waals surface area contributed by atoms with E-state index in [1.54, 1.807) is 0 Å². The van der Waals surface area contributed by atoms with Gasteiger partial charge in [0.1, 0.15) is 25.0 Å². The summed E-state index contributed by atoms with van der Waals surface area (Å²) >= 11 is 6.44. The minimum absolute atomic E-state index is 0.480. The summed E-state index contributed by atoms with van der Waals surface area (Å²) in [5.41, 5.74) is 4.51. The Morgan fingerprint density at radius 3 is 2.75 bits per heavy atom. The molecular formula is C19H19BClN3. The molecule has 1 aliphatic carbocycles. The molecule has 2 radical (unpaired) electrons. The summed E-state index contributed by atoms with van der Waals surface area (Å²) < 4.78 is 2.05. The lowest BCUT2D eigenvalue weighted by molar-refractivity contribution is 0.749. The first kappa shape index (κ1) is 15.6. The van der Waals surface area contributed by atoms with E-state index in [4.69, 9.17) is 24.4 Å². The van der Waals surface area contributed by atoms with Crippen LogP contribution in [0.2, 0.25) is 5.02 Å². The molecule has 1 saturated carbocycles. The van der Waals surface area contributed by atoms with E-state index in [1.807, 2.05) is 43.5 Å².